The summed E-state index contributed by atoms with van der Waals surface area (Å²) in [5.41, 5.74) is 1.59. The summed E-state index contributed by atoms with van der Waals surface area (Å²) in [6.45, 7) is 6.20. The number of thiophene rings is 1. The molecule has 0 bridgehead atoms. The van der Waals surface area contributed by atoms with E-state index in [1.807, 2.05) is 32.2 Å². The molecule has 0 aliphatic heterocycles. The zero-order valence-electron chi connectivity index (χ0n) is 14.0. The van der Waals surface area contributed by atoms with Gasteiger partial charge in [-0.2, -0.15) is 0 Å². The Balaban J connectivity index is 2.03. The number of aryl methyl sites for hydroxylation is 1. The minimum atomic E-state index is -3.55. The third kappa shape index (κ3) is 4.66. The Bertz CT molecular complexity index is 795. The van der Waals surface area contributed by atoms with Crippen molar-refractivity contribution in [3.8, 4) is 0 Å². The van der Waals surface area contributed by atoms with Crippen molar-refractivity contribution in [2.45, 2.75) is 44.7 Å². The molecular formula is C17H22N2O3S2. The minimum Gasteiger partial charge on any atom is -0.347 e. The van der Waals surface area contributed by atoms with E-state index in [0.29, 0.717) is 18.5 Å². The van der Waals surface area contributed by atoms with E-state index in [2.05, 4.69) is 10.0 Å². The molecule has 0 fully saturated rings. The van der Waals surface area contributed by atoms with Gasteiger partial charge < -0.3 is 5.32 Å². The second-order valence-electron chi connectivity index (χ2n) is 5.66. The Morgan fingerprint density at radius 3 is 2.42 bits per heavy atom. The van der Waals surface area contributed by atoms with Gasteiger partial charge >= 0.3 is 0 Å². The fourth-order valence-corrected chi connectivity index (χ4v) is 4.22. The Labute approximate surface area is 147 Å². The molecule has 5 nitrogen and oxygen atoms in total. The molecule has 0 spiro atoms. The zero-order chi connectivity index (χ0) is 17.7. The highest BCUT2D eigenvalue weighted by Gasteiger charge is 2.17. The maximum absolute atomic E-state index is 12.2. The maximum Gasteiger partial charge on any atom is 0.251 e. The molecule has 0 radical (unpaired) electrons. The van der Waals surface area contributed by atoms with E-state index in [0.717, 1.165) is 10.4 Å². The van der Waals surface area contributed by atoms with Gasteiger partial charge in [0.1, 0.15) is 0 Å². The molecule has 0 saturated carbocycles. The maximum atomic E-state index is 12.2. The van der Waals surface area contributed by atoms with Crippen LogP contribution in [0.15, 0.2) is 40.6 Å². The van der Waals surface area contributed by atoms with Crippen molar-refractivity contribution >= 4 is 27.3 Å². The normalized spacial score (nSPS) is 12.8. The van der Waals surface area contributed by atoms with Gasteiger partial charge in [-0.25, -0.2) is 13.1 Å². The topological polar surface area (TPSA) is 75.3 Å². The van der Waals surface area contributed by atoms with Crippen molar-refractivity contribution < 1.29 is 13.2 Å². The van der Waals surface area contributed by atoms with Crippen LogP contribution in [0.5, 0.6) is 0 Å². The first kappa shape index (κ1) is 18.6. The number of carbonyl (C=O) groups is 1. The number of nitrogens with one attached hydrogen (secondary N) is 2. The number of carbonyl (C=O) groups excluding carboxylic acids is 1. The predicted molar refractivity (Wildman–Crippen MR) is 96.7 cm³/mol. The van der Waals surface area contributed by atoms with Crippen molar-refractivity contribution in [3.63, 3.8) is 0 Å². The van der Waals surface area contributed by atoms with Gasteiger partial charge in [-0.15, -0.1) is 11.3 Å². The second kappa shape index (κ2) is 7.92. The number of hydrogen-bond acceptors (Lipinski definition) is 4. The molecule has 2 aromatic rings. The number of rotatable bonds is 7. The Morgan fingerprint density at radius 1 is 1.21 bits per heavy atom. The van der Waals surface area contributed by atoms with E-state index in [4.69, 9.17) is 0 Å². The van der Waals surface area contributed by atoms with Crippen molar-refractivity contribution in [1.82, 2.24) is 10.0 Å². The molecule has 2 rings (SSSR count). The molecule has 1 atom stereocenters. The largest absolute Gasteiger partial charge is 0.347 e. The lowest BCUT2D eigenvalue weighted by Gasteiger charge is -2.12. The average molecular weight is 367 g/mol. The molecule has 1 heterocycles. The Kier molecular flexibility index (Phi) is 6.15. The summed E-state index contributed by atoms with van der Waals surface area (Å²) in [6, 6.07) is 7.85. The van der Waals surface area contributed by atoms with Crippen LogP contribution < -0.4 is 10.0 Å². The molecule has 0 saturated heterocycles. The number of amides is 1. The van der Waals surface area contributed by atoms with Crippen molar-refractivity contribution in [2.24, 2.45) is 0 Å². The van der Waals surface area contributed by atoms with Gasteiger partial charge in [-0.1, -0.05) is 6.92 Å². The van der Waals surface area contributed by atoms with Crippen LogP contribution in [-0.2, 0) is 16.6 Å². The lowest BCUT2D eigenvalue weighted by molar-refractivity contribution is 0.0951. The van der Waals surface area contributed by atoms with E-state index in [-0.39, 0.29) is 16.8 Å². The predicted octanol–water partition coefficient (Wildman–Crippen LogP) is 3.06. The molecule has 0 aliphatic rings. The van der Waals surface area contributed by atoms with Gasteiger partial charge in [0.25, 0.3) is 5.91 Å². The van der Waals surface area contributed by atoms with Crippen molar-refractivity contribution in [1.29, 1.82) is 0 Å². The lowest BCUT2D eigenvalue weighted by atomic mass is 10.2. The molecule has 1 aromatic heterocycles. The van der Waals surface area contributed by atoms with Crippen LogP contribution in [0.2, 0.25) is 0 Å². The van der Waals surface area contributed by atoms with Gasteiger partial charge in [0.15, 0.2) is 0 Å². The number of benzene rings is 1. The van der Waals surface area contributed by atoms with Crippen LogP contribution in [-0.4, -0.2) is 20.4 Å². The fourth-order valence-electron chi connectivity index (χ4n) is 2.05. The average Bonchev–Trinajstić information content (AvgIpc) is 2.97. The second-order valence-corrected chi connectivity index (χ2v) is 8.38. The molecule has 24 heavy (non-hydrogen) atoms. The van der Waals surface area contributed by atoms with Crippen LogP contribution in [0.1, 0.15) is 41.1 Å². The van der Waals surface area contributed by atoms with Crippen molar-refractivity contribution in [3.05, 3.63) is 51.7 Å². The third-order valence-corrected chi connectivity index (χ3v) is 6.40. The molecular weight excluding hydrogens is 344 g/mol. The van der Waals surface area contributed by atoms with Crippen LogP contribution in [0, 0.1) is 6.92 Å². The first-order valence-corrected chi connectivity index (χ1v) is 10.1. The van der Waals surface area contributed by atoms with E-state index in [9.17, 15) is 13.2 Å². The first-order valence-electron chi connectivity index (χ1n) is 7.77. The molecule has 7 heteroatoms. The summed E-state index contributed by atoms with van der Waals surface area (Å²) in [5, 5.41) is 4.84. The van der Waals surface area contributed by atoms with Gasteiger partial charge in [0.2, 0.25) is 10.0 Å². The van der Waals surface area contributed by atoms with Gasteiger partial charge in [0, 0.05) is 16.5 Å². The summed E-state index contributed by atoms with van der Waals surface area (Å²) in [6.07, 6.45) is 0.710. The highest BCUT2D eigenvalue weighted by Crippen LogP contribution is 2.16. The quantitative estimate of drug-likeness (QED) is 0.791. The molecule has 2 N–H and O–H groups in total. The summed E-state index contributed by atoms with van der Waals surface area (Å²) < 4.78 is 27.0. The number of sulfonamides is 1. The molecule has 1 aromatic carbocycles. The van der Waals surface area contributed by atoms with Crippen LogP contribution in [0.3, 0.4) is 0 Å². The minimum absolute atomic E-state index is 0.132. The van der Waals surface area contributed by atoms with Crippen LogP contribution >= 0.6 is 11.3 Å². The molecule has 0 aliphatic carbocycles. The SMILES string of the molecule is CCC(C)NS(=O)(=O)c1ccc(C(=O)NCc2sccc2C)cc1. The van der Waals surface area contributed by atoms with E-state index >= 15 is 0 Å². The van der Waals surface area contributed by atoms with E-state index < -0.39 is 10.0 Å². The fraction of sp³-hybridized carbons (Fsp3) is 0.353. The zero-order valence-corrected chi connectivity index (χ0v) is 15.6. The molecule has 1 unspecified atom stereocenters. The Hall–Kier alpha value is -1.70. The van der Waals surface area contributed by atoms with E-state index in [1.54, 1.807) is 11.3 Å². The van der Waals surface area contributed by atoms with Crippen LogP contribution in [0.4, 0.5) is 0 Å². The molecule has 130 valence electrons. The van der Waals surface area contributed by atoms with Gasteiger partial charge in [0.05, 0.1) is 11.4 Å². The standard InChI is InChI=1S/C17H22N2O3S2/c1-4-13(3)19-24(21,22)15-7-5-14(6-8-15)17(20)18-11-16-12(2)9-10-23-16/h5-10,13,19H,4,11H2,1-3H3,(H,18,20). The number of hydrogen-bond donors (Lipinski definition) is 2. The third-order valence-electron chi connectivity index (χ3n) is 3.77. The summed E-state index contributed by atoms with van der Waals surface area (Å²) in [4.78, 5) is 13.4. The Morgan fingerprint density at radius 2 is 1.88 bits per heavy atom. The lowest BCUT2D eigenvalue weighted by Crippen LogP contribution is -2.32. The summed E-state index contributed by atoms with van der Waals surface area (Å²) >= 11 is 1.60. The highest BCUT2D eigenvalue weighted by atomic mass is 32.2. The van der Waals surface area contributed by atoms with Gasteiger partial charge in [-0.3, -0.25) is 4.79 Å². The monoisotopic (exact) mass is 366 g/mol. The first-order chi connectivity index (χ1) is 11.3. The highest BCUT2D eigenvalue weighted by molar-refractivity contribution is 7.89. The van der Waals surface area contributed by atoms with Gasteiger partial charge in [-0.05, 0) is 61.5 Å². The summed E-state index contributed by atoms with van der Waals surface area (Å²) in [5.74, 6) is -0.221. The summed E-state index contributed by atoms with van der Waals surface area (Å²) in [7, 11) is -3.55. The van der Waals surface area contributed by atoms with Crippen molar-refractivity contribution in [2.75, 3.05) is 0 Å². The van der Waals surface area contributed by atoms with E-state index in [1.165, 1.54) is 24.3 Å². The smallest absolute Gasteiger partial charge is 0.251 e. The van der Waals surface area contributed by atoms with Crippen LogP contribution in [0.25, 0.3) is 0 Å². The molecule has 1 amide bonds.